The molecule has 0 saturated heterocycles. The number of terminal acetylenes is 1. The number of rotatable bonds is 2. The van der Waals surface area contributed by atoms with Gasteiger partial charge in [0.1, 0.15) is 11.2 Å². The summed E-state index contributed by atoms with van der Waals surface area (Å²) in [7, 11) is 0. The number of hydrogen-bond acceptors (Lipinski definition) is 3. The van der Waals surface area contributed by atoms with Crippen molar-refractivity contribution in [1.82, 2.24) is 9.78 Å². The van der Waals surface area contributed by atoms with Crippen LogP contribution in [-0.2, 0) is 15.0 Å². The first kappa shape index (κ1) is 17.3. The molecule has 2 aliphatic rings. The van der Waals surface area contributed by atoms with Gasteiger partial charge in [0.25, 0.3) is 0 Å². The van der Waals surface area contributed by atoms with E-state index in [2.05, 4.69) is 16.3 Å². The average molecular weight is 382 g/mol. The van der Waals surface area contributed by atoms with Gasteiger partial charge in [-0.15, -0.1) is 6.42 Å². The minimum absolute atomic E-state index is 0.0242. The molecule has 6 heteroatoms. The Labute approximate surface area is 168 Å². The van der Waals surface area contributed by atoms with Crippen LogP contribution in [0, 0.1) is 19.3 Å². The molecule has 1 spiro atoms. The van der Waals surface area contributed by atoms with Gasteiger partial charge in [0, 0.05) is 17.7 Å². The molecule has 0 fully saturated rings. The summed E-state index contributed by atoms with van der Waals surface area (Å²) in [6.07, 6.45) is 7.24. The number of benzene rings is 2. The van der Waals surface area contributed by atoms with Crippen LogP contribution in [0.2, 0.25) is 0 Å². The normalized spacial score (nSPS) is 19.7. The standard InChI is InChI=1S/C23H18N4O2/c1-3-12-26-19-11-7-5-9-16(19)23(22(26)29)13-20(28)25-21-17(23)14-24-27(21)18-10-6-4-8-15(18)2/h1,4-11,14H,12-13H2,2H3,(H,25,28)/t23-/m0/s1. The molecular formula is C23H18N4O2. The van der Waals surface area contributed by atoms with Gasteiger partial charge in [0.15, 0.2) is 0 Å². The predicted octanol–water partition coefficient (Wildman–Crippen LogP) is 2.79. The van der Waals surface area contributed by atoms with Gasteiger partial charge in [-0.2, -0.15) is 5.10 Å². The fourth-order valence-corrected chi connectivity index (χ4v) is 4.48. The molecule has 1 atom stereocenters. The van der Waals surface area contributed by atoms with E-state index in [1.54, 1.807) is 15.8 Å². The number of nitrogens with one attached hydrogen (secondary N) is 1. The van der Waals surface area contributed by atoms with Crippen LogP contribution in [0.5, 0.6) is 0 Å². The molecule has 6 nitrogen and oxygen atoms in total. The van der Waals surface area contributed by atoms with Gasteiger partial charge in [-0.1, -0.05) is 42.3 Å². The molecule has 0 radical (unpaired) electrons. The summed E-state index contributed by atoms with van der Waals surface area (Å²) in [6.45, 7) is 2.13. The van der Waals surface area contributed by atoms with Crippen molar-refractivity contribution in [3.05, 3.63) is 71.4 Å². The van der Waals surface area contributed by atoms with Gasteiger partial charge >= 0.3 is 0 Å². The van der Waals surface area contributed by atoms with Crippen molar-refractivity contribution < 1.29 is 9.59 Å². The van der Waals surface area contributed by atoms with E-state index in [-0.39, 0.29) is 24.8 Å². The molecule has 0 aliphatic carbocycles. The molecule has 5 rings (SSSR count). The van der Waals surface area contributed by atoms with Crippen LogP contribution in [0.15, 0.2) is 54.7 Å². The molecule has 3 heterocycles. The van der Waals surface area contributed by atoms with E-state index in [0.717, 1.165) is 22.5 Å². The Hall–Kier alpha value is -3.85. The Bertz CT molecular complexity index is 1220. The summed E-state index contributed by atoms with van der Waals surface area (Å²) in [5.74, 6) is 2.68. The topological polar surface area (TPSA) is 67.2 Å². The van der Waals surface area contributed by atoms with Gasteiger partial charge in [-0.05, 0) is 30.2 Å². The van der Waals surface area contributed by atoms with E-state index < -0.39 is 5.41 Å². The molecular weight excluding hydrogens is 364 g/mol. The lowest BCUT2D eigenvalue weighted by atomic mass is 9.72. The number of amides is 2. The molecule has 0 bridgehead atoms. The predicted molar refractivity (Wildman–Crippen MR) is 110 cm³/mol. The van der Waals surface area contributed by atoms with Crippen molar-refractivity contribution >= 4 is 23.3 Å². The Kier molecular flexibility index (Phi) is 3.62. The van der Waals surface area contributed by atoms with Crippen molar-refractivity contribution in [2.45, 2.75) is 18.8 Å². The zero-order valence-electron chi connectivity index (χ0n) is 15.8. The van der Waals surface area contributed by atoms with Crippen molar-refractivity contribution in [2.75, 3.05) is 16.8 Å². The molecule has 0 saturated carbocycles. The maximum atomic E-state index is 13.7. The first-order valence-corrected chi connectivity index (χ1v) is 9.37. The maximum Gasteiger partial charge on any atom is 0.243 e. The summed E-state index contributed by atoms with van der Waals surface area (Å²) >= 11 is 0. The third-order valence-electron chi connectivity index (χ3n) is 5.77. The lowest BCUT2D eigenvalue weighted by Crippen LogP contribution is -2.46. The zero-order valence-corrected chi connectivity index (χ0v) is 15.8. The number of aryl methyl sites for hydroxylation is 1. The molecule has 2 amide bonds. The van der Waals surface area contributed by atoms with E-state index in [1.807, 2.05) is 55.5 Å². The average Bonchev–Trinajstić information content (AvgIpc) is 3.23. The van der Waals surface area contributed by atoms with Crippen LogP contribution in [0.3, 0.4) is 0 Å². The third-order valence-corrected chi connectivity index (χ3v) is 5.77. The van der Waals surface area contributed by atoms with Crippen LogP contribution in [-0.4, -0.2) is 28.1 Å². The molecule has 2 aromatic carbocycles. The SMILES string of the molecule is C#CCN1C(=O)[C@@]2(CC(=O)Nc3c2cnn3-c2ccccc2C)c2ccccc21. The second-order valence-corrected chi connectivity index (χ2v) is 7.35. The fraction of sp³-hybridized carbons (Fsp3) is 0.174. The Morgan fingerprint density at radius 1 is 1.10 bits per heavy atom. The Morgan fingerprint density at radius 3 is 2.59 bits per heavy atom. The van der Waals surface area contributed by atoms with Crippen LogP contribution >= 0.6 is 0 Å². The van der Waals surface area contributed by atoms with E-state index in [1.165, 1.54) is 0 Å². The highest BCUT2D eigenvalue weighted by atomic mass is 16.2. The van der Waals surface area contributed by atoms with Gasteiger partial charge < -0.3 is 5.32 Å². The van der Waals surface area contributed by atoms with Crippen LogP contribution < -0.4 is 10.2 Å². The van der Waals surface area contributed by atoms with Gasteiger partial charge in [-0.25, -0.2) is 4.68 Å². The van der Waals surface area contributed by atoms with E-state index in [0.29, 0.717) is 11.4 Å². The highest BCUT2D eigenvalue weighted by molar-refractivity contribution is 6.16. The zero-order chi connectivity index (χ0) is 20.2. The van der Waals surface area contributed by atoms with Crippen LogP contribution in [0.25, 0.3) is 5.69 Å². The van der Waals surface area contributed by atoms with Crippen molar-refractivity contribution in [2.24, 2.45) is 0 Å². The highest BCUT2D eigenvalue weighted by Crippen LogP contribution is 2.52. The Morgan fingerprint density at radius 2 is 1.83 bits per heavy atom. The van der Waals surface area contributed by atoms with E-state index in [9.17, 15) is 9.59 Å². The molecule has 29 heavy (non-hydrogen) atoms. The molecule has 3 aromatic rings. The van der Waals surface area contributed by atoms with E-state index in [4.69, 9.17) is 6.42 Å². The van der Waals surface area contributed by atoms with Crippen LogP contribution in [0.4, 0.5) is 11.5 Å². The minimum Gasteiger partial charge on any atom is -0.310 e. The molecule has 142 valence electrons. The van der Waals surface area contributed by atoms with Crippen molar-refractivity contribution in [3.8, 4) is 18.0 Å². The number of para-hydroxylation sites is 2. The minimum atomic E-state index is -1.12. The molecule has 1 N–H and O–H groups in total. The van der Waals surface area contributed by atoms with Gasteiger partial charge in [-0.3, -0.25) is 14.5 Å². The Balaban J connectivity index is 1.78. The van der Waals surface area contributed by atoms with Crippen LogP contribution in [0.1, 0.15) is 23.1 Å². The summed E-state index contributed by atoms with van der Waals surface area (Å²) in [5, 5.41) is 7.49. The largest absolute Gasteiger partial charge is 0.310 e. The number of carbonyl (C=O) groups excluding carboxylic acids is 2. The smallest absolute Gasteiger partial charge is 0.243 e. The van der Waals surface area contributed by atoms with E-state index >= 15 is 0 Å². The number of nitrogens with zero attached hydrogens (tertiary/aromatic N) is 3. The van der Waals surface area contributed by atoms with Crippen molar-refractivity contribution in [1.29, 1.82) is 0 Å². The number of aromatic nitrogens is 2. The monoisotopic (exact) mass is 382 g/mol. The maximum absolute atomic E-state index is 13.7. The van der Waals surface area contributed by atoms with Gasteiger partial charge in [0.05, 0.1) is 18.4 Å². The summed E-state index contributed by atoms with van der Waals surface area (Å²) in [6, 6.07) is 15.3. The molecule has 1 aromatic heterocycles. The van der Waals surface area contributed by atoms with Crippen molar-refractivity contribution in [3.63, 3.8) is 0 Å². The fourth-order valence-electron chi connectivity index (χ4n) is 4.48. The lowest BCUT2D eigenvalue weighted by molar-refractivity contribution is -0.126. The second-order valence-electron chi connectivity index (χ2n) is 7.35. The number of fused-ring (bicyclic) bond motifs is 4. The second kappa shape index (κ2) is 6.08. The number of carbonyl (C=O) groups is 2. The molecule has 0 unspecified atom stereocenters. The highest BCUT2D eigenvalue weighted by Gasteiger charge is 2.56. The summed E-state index contributed by atoms with van der Waals surface area (Å²) < 4.78 is 1.70. The number of hydrogen-bond donors (Lipinski definition) is 1. The quantitative estimate of drug-likeness (QED) is 0.693. The van der Waals surface area contributed by atoms with Gasteiger partial charge in [0.2, 0.25) is 11.8 Å². The molecule has 2 aliphatic heterocycles. The lowest BCUT2D eigenvalue weighted by Gasteiger charge is -2.32. The third kappa shape index (κ3) is 2.21. The first-order chi connectivity index (χ1) is 14.1. The first-order valence-electron chi connectivity index (χ1n) is 9.37. The summed E-state index contributed by atoms with van der Waals surface area (Å²) in [4.78, 5) is 28.1. The summed E-state index contributed by atoms with van der Waals surface area (Å²) in [5.41, 5.74) is 2.98. The number of anilines is 2.